The minimum atomic E-state index is -1.10. The Morgan fingerprint density at radius 2 is 2.04 bits per heavy atom. The third-order valence-corrected chi connectivity index (χ3v) is 3.49. The van der Waals surface area contributed by atoms with Gasteiger partial charge in [0.05, 0.1) is 5.56 Å². The maximum absolute atomic E-state index is 13.7. The Balaban J connectivity index is 1.88. The van der Waals surface area contributed by atoms with Crippen molar-refractivity contribution in [1.29, 1.82) is 0 Å². The summed E-state index contributed by atoms with van der Waals surface area (Å²) in [4.78, 5) is 23.1. The standard InChI is InChI=1S/C18H13FO5/c1-10(18(21)22)23-12-6-7-13-15(9-12)24-16(17(13)20)8-11-4-2-3-5-14(11)19/h2-10H,1H3,(H,21,22)/t10-/m0/s1. The largest absolute Gasteiger partial charge is 0.479 e. The summed E-state index contributed by atoms with van der Waals surface area (Å²) in [6.45, 7) is 1.39. The van der Waals surface area contributed by atoms with Crippen LogP contribution in [0.15, 0.2) is 48.2 Å². The van der Waals surface area contributed by atoms with Crippen molar-refractivity contribution in [2.75, 3.05) is 0 Å². The number of allylic oxidation sites excluding steroid dienone is 1. The highest BCUT2D eigenvalue weighted by molar-refractivity contribution is 6.14. The lowest BCUT2D eigenvalue weighted by Gasteiger charge is -2.10. The molecule has 2 aromatic carbocycles. The van der Waals surface area contributed by atoms with Crippen LogP contribution < -0.4 is 9.47 Å². The zero-order valence-corrected chi connectivity index (χ0v) is 12.7. The molecule has 3 rings (SSSR count). The molecule has 1 aliphatic rings. The molecule has 0 radical (unpaired) electrons. The average Bonchev–Trinajstić information content (AvgIpc) is 2.85. The van der Waals surface area contributed by atoms with E-state index >= 15 is 0 Å². The quantitative estimate of drug-likeness (QED) is 0.872. The van der Waals surface area contributed by atoms with Crippen molar-refractivity contribution in [1.82, 2.24) is 0 Å². The zero-order chi connectivity index (χ0) is 17.3. The molecule has 0 aromatic heterocycles. The molecule has 1 atom stereocenters. The highest BCUT2D eigenvalue weighted by Crippen LogP contribution is 2.35. The predicted octanol–water partition coefficient (Wildman–Crippen LogP) is 3.29. The molecule has 0 saturated carbocycles. The van der Waals surface area contributed by atoms with E-state index in [1.807, 2.05) is 0 Å². The number of rotatable bonds is 4. The van der Waals surface area contributed by atoms with Gasteiger partial charge in [-0.25, -0.2) is 9.18 Å². The van der Waals surface area contributed by atoms with Crippen molar-refractivity contribution in [2.24, 2.45) is 0 Å². The second kappa shape index (κ2) is 6.16. The monoisotopic (exact) mass is 328 g/mol. The molecule has 0 amide bonds. The van der Waals surface area contributed by atoms with Crippen LogP contribution in [0.4, 0.5) is 4.39 Å². The summed E-state index contributed by atoms with van der Waals surface area (Å²) in [5, 5.41) is 8.86. The van der Waals surface area contributed by atoms with Gasteiger partial charge >= 0.3 is 5.97 Å². The lowest BCUT2D eigenvalue weighted by molar-refractivity contribution is -0.144. The molecule has 5 nitrogen and oxygen atoms in total. The molecule has 24 heavy (non-hydrogen) atoms. The zero-order valence-electron chi connectivity index (χ0n) is 12.7. The van der Waals surface area contributed by atoms with E-state index in [0.29, 0.717) is 5.56 Å². The van der Waals surface area contributed by atoms with Crippen LogP contribution in [0.2, 0.25) is 0 Å². The van der Waals surface area contributed by atoms with Crippen molar-refractivity contribution in [2.45, 2.75) is 13.0 Å². The number of Topliss-reactive ketones (excluding diaryl/α,β-unsaturated/α-hetero) is 1. The number of hydrogen-bond acceptors (Lipinski definition) is 4. The van der Waals surface area contributed by atoms with Gasteiger partial charge in [-0.3, -0.25) is 4.79 Å². The summed E-state index contributed by atoms with van der Waals surface area (Å²) in [7, 11) is 0. The minimum absolute atomic E-state index is 0.00136. The Morgan fingerprint density at radius 1 is 1.29 bits per heavy atom. The van der Waals surface area contributed by atoms with E-state index in [2.05, 4.69) is 0 Å². The first-order chi connectivity index (χ1) is 11.5. The summed E-state index contributed by atoms with van der Waals surface area (Å²) < 4.78 is 24.4. The van der Waals surface area contributed by atoms with Gasteiger partial charge in [-0.2, -0.15) is 0 Å². The number of aliphatic carboxylic acids is 1. The van der Waals surface area contributed by atoms with Crippen LogP contribution in [0.1, 0.15) is 22.8 Å². The molecular weight excluding hydrogens is 315 g/mol. The third-order valence-electron chi connectivity index (χ3n) is 3.49. The van der Waals surface area contributed by atoms with Gasteiger partial charge in [0, 0.05) is 11.6 Å². The number of hydrogen-bond donors (Lipinski definition) is 1. The van der Waals surface area contributed by atoms with Gasteiger partial charge in [0.15, 0.2) is 11.9 Å². The number of benzene rings is 2. The lowest BCUT2D eigenvalue weighted by Crippen LogP contribution is -2.22. The van der Waals surface area contributed by atoms with Crippen LogP contribution in [-0.4, -0.2) is 23.0 Å². The average molecular weight is 328 g/mol. The lowest BCUT2D eigenvalue weighted by atomic mass is 10.1. The van der Waals surface area contributed by atoms with Gasteiger partial charge in [-0.05, 0) is 31.2 Å². The Bertz CT molecular complexity index is 856. The normalized spacial score (nSPS) is 15.8. The van der Waals surface area contributed by atoms with E-state index in [4.69, 9.17) is 14.6 Å². The van der Waals surface area contributed by atoms with Gasteiger partial charge in [-0.15, -0.1) is 0 Å². The molecule has 122 valence electrons. The Morgan fingerprint density at radius 3 is 2.75 bits per heavy atom. The first-order valence-corrected chi connectivity index (χ1v) is 7.18. The SMILES string of the molecule is C[C@H](Oc1ccc2c(c1)OC(=Cc1ccccc1F)C2=O)C(=O)O. The van der Waals surface area contributed by atoms with Crippen molar-refractivity contribution >= 4 is 17.8 Å². The van der Waals surface area contributed by atoms with Gasteiger partial charge in [0.2, 0.25) is 5.78 Å². The van der Waals surface area contributed by atoms with E-state index in [-0.39, 0.29) is 28.6 Å². The molecular formula is C18H13FO5. The summed E-state index contributed by atoms with van der Waals surface area (Å²) in [5.74, 6) is -1.42. The van der Waals surface area contributed by atoms with Crippen LogP contribution >= 0.6 is 0 Å². The maximum Gasteiger partial charge on any atom is 0.344 e. The van der Waals surface area contributed by atoms with Crippen molar-refractivity contribution in [3.8, 4) is 11.5 Å². The molecule has 0 bridgehead atoms. The summed E-state index contributed by atoms with van der Waals surface area (Å²) in [5.41, 5.74) is 0.553. The van der Waals surface area contributed by atoms with Crippen LogP contribution in [-0.2, 0) is 4.79 Å². The van der Waals surface area contributed by atoms with Gasteiger partial charge in [-0.1, -0.05) is 18.2 Å². The molecule has 0 fully saturated rings. The van der Waals surface area contributed by atoms with Crippen LogP contribution in [0.25, 0.3) is 6.08 Å². The molecule has 1 heterocycles. The summed E-state index contributed by atoms with van der Waals surface area (Å²) >= 11 is 0. The number of carboxylic acid groups (broad SMARTS) is 1. The highest BCUT2D eigenvalue weighted by atomic mass is 19.1. The molecule has 0 spiro atoms. The van der Waals surface area contributed by atoms with Crippen molar-refractivity contribution < 1.29 is 28.6 Å². The number of carbonyl (C=O) groups is 2. The fourth-order valence-electron chi connectivity index (χ4n) is 2.23. The third kappa shape index (κ3) is 2.99. The minimum Gasteiger partial charge on any atom is -0.479 e. The number of fused-ring (bicyclic) bond motifs is 1. The topological polar surface area (TPSA) is 72.8 Å². The highest BCUT2D eigenvalue weighted by Gasteiger charge is 2.28. The smallest absolute Gasteiger partial charge is 0.344 e. The number of halogens is 1. The second-order valence-corrected chi connectivity index (χ2v) is 5.22. The Labute approximate surface area is 136 Å². The Kier molecular flexibility index (Phi) is 4.04. The number of carbonyl (C=O) groups excluding carboxylic acids is 1. The molecule has 1 N–H and O–H groups in total. The summed E-state index contributed by atoms with van der Waals surface area (Å²) in [6.07, 6.45) is 0.298. The van der Waals surface area contributed by atoms with E-state index in [0.717, 1.165) is 0 Å². The number of carboxylic acids is 1. The fraction of sp³-hybridized carbons (Fsp3) is 0.111. The molecule has 0 unspecified atom stereocenters. The van der Waals surface area contributed by atoms with Crippen LogP contribution in [0.5, 0.6) is 11.5 Å². The number of ketones is 1. The molecule has 0 aliphatic carbocycles. The Hall–Kier alpha value is -3.15. The maximum atomic E-state index is 13.7. The first-order valence-electron chi connectivity index (χ1n) is 7.18. The number of ether oxygens (including phenoxy) is 2. The van der Waals surface area contributed by atoms with E-state index in [1.54, 1.807) is 12.1 Å². The van der Waals surface area contributed by atoms with Gasteiger partial charge in [0.1, 0.15) is 17.3 Å². The molecule has 6 heteroatoms. The van der Waals surface area contributed by atoms with Crippen LogP contribution in [0.3, 0.4) is 0 Å². The van der Waals surface area contributed by atoms with Crippen molar-refractivity contribution in [3.05, 3.63) is 65.2 Å². The predicted molar refractivity (Wildman–Crippen MR) is 83.5 cm³/mol. The van der Waals surface area contributed by atoms with Gasteiger partial charge in [0.25, 0.3) is 0 Å². The van der Waals surface area contributed by atoms with E-state index in [9.17, 15) is 14.0 Å². The molecule has 2 aromatic rings. The van der Waals surface area contributed by atoms with Gasteiger partial charge < -0.3 is 14.6 Å². The first kappa shape index (κ1) is 15.7. The molecule has 1 aliphatic heterocycles. The second-order valence-electron chi connectivity index (χ2n) is 5.22. The molecule has 0 saturated heterocycles. The summed E-state index contributed by atoms with van der Waals surface area (Å²) in [6, 6.07) is 10.4. The van der Waals surface area contributed by atoms with E-state index in [1.165, 1.54) is 43.3 Å². The van der Waals surface area contributed by atoms with Crippen LogP contribution in [0, 0.1) is 5.82 Å². The fourth-order valence-corrected chi connectivity index (χ4v) is 2.23. The van der Waals surface area contributed by atoms with E-state index < -0.39 is 17.9 Å². The van der Waals surface area contributed by atoms with Crippen molar-refractivity contribution in [3.63, 3.8) is 0 Å².